The molecule has 0 aliphatic heterocycles. The van der Waals surface area contributed by atoms with E-state index in [1.165, 1.54) is 50.6 Å². The monoisotopic (exact) mass is 465 g/mol. The summed E-state index contributed by atoms with van der Waals surface area (Å²) >= 11 is 0. The molecule has 0 unspecified atom stereocenters. The van der Waals surface area contributed by atoms with E-state index in [9.17, 15) is 18.0 Å². The predicted molar refractivity (Wildman–Crippen MR) is 121 cm³/mol. The van der Waals surface area contributed by atoms with Gasteiger partial charge in [-0.2, -0.15) is 0 Å². The van der Waals surface area contributed by atoms with Crippen LogP contribution < -0.4 is 29.6 Å². The van der Waals surface area contributed by atoms with Crippen LogP contribution in [-0.4, -0.2) is 53.4 Å². The van der Waals surface area contributed by atoms with Gasteiger partial charge in [0.25, 0.3) is 11.8 Å². The van der Waals surface area contributed by atoms with Gasteiger partial charge in [0.15, 0.2) is 18.1 Å². The number of nitrogens with one attached hydrogen (secondary N) is 3. The fourth-order valence-corrected chi connectivity index (χ4v) is 3.26. The van der Waals surface area contributed by atoms with Crippen LogP contribution in [-0.2, 0) is 14.8 Å². The SMILES string of the molecule is COc1cc(NC(=O)c2ccc(OCC(=O)NC(C)C)c(OC)c2)ccc1NS(C)(=O)=O. The molecule has 2 rings (SSSR count). The summed E-state index contributed by atoms with van der Waals surface area (Å²) in [5, 5.41) is 5.43. The summed E-state index contributed by atoms with van der Waals surface area (Å²) in [6.07, 6.45) is 1.03. The quantitative estimate of drug-likeness (QED) is 0.490. The molecule has 0 saturated heterocycles. The Labute approximate surface area is 187 Å². The maximum Gasteiger partial charge on any atom is 0.258 e. The lowest BCUT2D eigenvalue weighted by atomic mass is 10.1. The van der Waals surface area contributed by atoms with Crippen molar-refractivity contribution in [2.75, 3.05) is 37.1 Å². The molecule has 0 aliphatic rings. The number of hydrogen-bond acceptors (Lipinski definition) is 7. The highest BCUT2D eigenvalue weighted by Crippen LogP contribution is 2.30. The van der Waals surface area contributed by atoms with Crippen molar-refractivity contribution in [3.05, 3.63) is 42.0 Å². The molecule has 10 nitrogen and oxygen atoms in total. The van der Waals surface area contributed by atoms with Crippen LogP contribution in [0.1, 0.15) is 24.2 Å². The van der Waals surface area contributed by atoms with Crippen LogP contribution in [0.2, 0.25) is 0 Å². The van der Waals surface area contributed by atoms with Gasteiger partial charge in [0.2, 0.25) is 10.0 Å². The fourth-order valence-electron chi connectivity index (χ4n) is 2.69. The lowest BCUT2D eigenvalue weighted by Crippen LogP contribution is -2.34. The molecule has 0 fully saturated rings. The highest BCUT2D eigenvalue weighted by Gasteiger charge is 2.15. The normalized spacial score (nSPS) is 10.9. The standard InChI is InChI=1S/C21H27N3O7S/c1-13(2)22-20(25)12-31-17-9-6-14(10-19(17)30-4)21(26)23-15-7-8-16(18(11-15)29-3)24-32(5,27)28/h6-11,13,24H,12H2,1-5H3,(H,22,25)(H,23,26). The van der Waals surface area contributed by atoms with Gasteiger partial charge in [0.1, 0.15) is 5.75 Å². The highest BCUT2D eigenvalue weighted by molar-refractivity contribution is 7.92. The summed E-state index contributed by atoms with van der Waals surface area (Å²) in [4.78, 5) is 24.4. The maximum absolute atomic E-state index is 12.7. The van der Waals surface area contributed by atoms with E-state index in [0.29, 0.717) is 17.2 Å². The Balaban J connectivity index is 2.13. The molecule has 0 spiro atoms. The first-order chi connectivity index (χ1) is 15.0. The number of sulfonamides is 1. The van der Waals surface area contributed by atoms with Gasteiger partial charge >= 0.3 is 0 Å². The molecular formula is C21H27N3O7S. The van der Waals surface area contributed by atoms with E-state index in [0.717, 1.165) is 6.26 Å². The Morgan fingerprint density at radius 1 is 0.969 bits per heavy atom. The average Bonchev–Trinajstić information content (AvgIpc) is 2.71. The fraction of sp³-hybridized carbons (Fsp3) is 0.333. The van der Waals surface area contributed by atoms with Gasteiger partial charge in [-0.1, -0.05) is 0 Å². The summed E-state index contributed by atoms with van der Waals surface area (Å²) in [6, 6.07) is 9.06. The number of carbonyl (C=O) groups excluding carboxylic acids is 2. The Bertz CT molecular complexity index is 1080. The van der Waals surface area contributed by atoms with Crippen LogP contribution in [0.25, 0.3) is 0 Å². The topological polar surface area (TPSA) is 132 Å². The first-order valence-electron chi connectivity index (χ1n) is 9.59. The van der Waals surface area contributed by atoms with E-state index in [1.807, 2.05) is 13.8 Å². The Morgan fingerprint density at radius 2 is 1.66 bits per heavy atom. The number of amides is 2. The lowest BCUT2D eigenvalue weighted by molar-refractivity contribution is -0.123. The molecule has 174 valence electrons. The molecule has 2 aromatic carbocycles. The smallest absolute Gasteiger partial charge is 0.258 e. The zero-order valence-corrected chi connectivity index (χ0v) is 19.3. The van der Waals surface area contributed by atoms with Crippen LogP contribution in [0.5, 0.6) is 17.2 Å². The van der Waals surface area contributed by atoms with Gasteiger partial charge in [0.05, 0.1) is 26.2 Å². The second-order valence-corrected chi connectivity index (χ2v) is 8.87. The van der Waals surface area contributed by atoms with Gasteiger partial charge in [-0.05, 0) is 44.2 Å². The third kappa shape index (κ3) is 7.34. The third-order valence-corrected chi connectivity index (χ3v) is 4.58. The maximum atomic E-state index is 12.7. The van der Waals surface area contributed by atoms with E-state index in [1.54, 1.807) is 0 Å². The van der Waals surface area contributed by atoms with Crippen molar-refractivity contribution in [2.24, 2.45) is 0 Å². The van der Waals surface area contributed by atoms with Gasteiger partial charge in [-0.25, -0.2) is 8.42 Å². The van der Waals surface area contributed by atoms with Gasteiger partial charge < -0.3 is 24.8 Å². The predicted octanol–water partition coefficient (Wildman–Crippen LogP) is 2.23. The van der Waals surface area contributed by atoms with Crippen molar-refractivity contribution in [1.29, 1.82) is 0 Å². The molecule has 0 heterocycles. The second-order valence-electron chi connectivity index (χ2n) is 7.12. The number of anilines is 2. The molecule has 3 N–H and O–H groups in total. The molecule has 0 aliphatic carbocycles. The molecule has 2 aromatic rings. The first kappa shape index (κ1) is 24.8. The summed E-state index contributed by atoms with van der Waals surface area (Å²) < 4.78 is 41.2. The summed E-state index contributed by atoms with van der Waals surface area (Å²) in [6.45, 7) is 3.50. The lowest BCUT2D eigenvalue weighted by Gasteiger charge is -2.14. The van der Waals surface area contributed by atoms with Crippen molar-refractivity contribution in [3.8, 4) is 17.2 Å². The van der Waals surface area contributed by atoms with Gasteiger partial charge in [-0.15, -0.1) is 0 Å². The minimum absolute atomic E-state index is 0.00564. The third-order valence-electron chi connectivity index (χ3n) is 3.99. The molecule has 0 atom stereocenters. The van der Waals surface area contributed by atoms with Crippen molar-refractivity contribution in [1.82, 2.24) is 5.32 Å². The van der Waals surface area contributed by atoms with Crippen molar-refractivity contribution in [3.63, 3.8) is 0 Å². The van der Waals surface area contributed by atoms with Crippen LogP contribution in [0.15, 0.2) is 36.4 Å². The van der Waals surface area contributed by atoms with E-state index in [2.05, 4.69) is 15.4 Å². The molecule has 2 amide bonds. The second kappa shape index (κ2) is 10.7. The largest absolute Gasteiger partial charge is 0.494 e. The number of rotatable bonds is 10. The average molecular weight is 466 g/mol. The van der Waals surface area contributed by atoms with E-state index < -0.39 is 15.9 Å². The van der Waals surface area contributed by atoms with E-state index in [4.69, 9.17) is 14.2 Å². The Hall–Kier alpha value is -3.47. The van der Waals surface area contributed by atoms with Gasteiger partial charge in [0, 0.05) is 23.4 Å². The zero-order valence-electron chi connectivity index (χ0n) is 18.5. The molecular weight excluding hydrogens is 438 g/mol. The van der Waals surface area contributed by atoms with E-state index >= 15 is 0 Å². The van der Waals surface area contributed by atoms with Crippen molar-refractivity contribution in [2.45, 2.75) is 19.9 Å². The highest BCUT2D eigenvalue weighted by atomic mass is 32.2. The minimum Gasteiger partial charge on any atom is -0.494 e. The van der Waals surface area contributed by atoms with Gasteiger partial charge in [-0.3, -0.25) is 14.3 Å². The molecule has 0 saturated carbocycles. The Kier molecular flexibility index (Phi) is 8.30. The summed E-state index contributed by atoms with van der Waals surface area (Å²) in [5.74, 6) is 0.153. The number of carbonyl (C=O) groups is 2. The van der Waals surface area contributed by atoms with Crippen LogP contribution in [0.3, 0.4) is 0 Å². The first-order valence-corrected chi connectivity index (χ1v) is 11.5. The number of methoxy groups -OCH3 is 2. The minimum atomic E-state index is -3.48. The van der Waals surface area contributed by atoms with Crippen molar-refractivity contribution < 1.29 is 32.2 Å². The molecule has 0 bridgehead atoms. The molecule has 0 aromatic heterocycles. The van der Waals surface area contributed by atoms with Crippen LogP contribution in [0, 0.1) is 0 Å². The van der Waals surface area contributed by atoms with Crippen LogP contribution >= 0.6 is 0 Å². The molecule has 0 radical (unpaired) electrons. The summed E-state index contributed by atoms with van der Waals surface area (Å²) in [5.41, 5.74) is 0.936. The number of hydrogen-bond donors (Lipinski definition) is 3. The zero-order chi connectivity index (χ0) is 23.9. The molecule has 11 heteroatoms. The molecule has 32 heavy (non-hydrogen) atoms. The Morgan fingerprint density at radius 3 is 2.25 bits per heavy atom. The summed E-state index contributed by atoms with van der Waals surface area (Å²) in [7, 11) is -0.670. The van der Waals surface area contributed by atoms with Crippen LogP contribution in [0.4, 0.5) is 11.4 Å². The van der Waals surface area contributed by atoms with Crippen molar-refractivity contribution >= 4 is 33.2 Å². The van der Waals surface area contributed by atoms with E-state index in [-0.39, 0.29) is 35.6 Å². The number of benzene rings is 2. The number of ether oxygens (including phenoxy) is 3.